The second-order valence-electron chi connectivity index (χ2n) is 2.87. The summed E-state index contributed by atoms with van der Waals surface area (Å²) in [6, 6.07) is 0. The number of halogens is 1. The van der Waals surface area contributed by atoms with E-state index in [4.69, 9.17) is 16.3 Å². The Balaban J connectivity index is 2.29. The van der Waals surface area contributed by atoms with Crippen LogP contribution < -0.4 is 5.32 Å². The molecule has 0 aliphatic heterocycles. The average Bonchev–Trinajstić information content (AvgIpc) is 2.29. The fourth-order valence-electron chi connectivity index (χ4n) is 0.961. The van der Waals surface area contributed by atoms with Gasteiger partial charge in [-0.15, -0.1) is 0 Å². The molecular weight excluding hydrogens is 230 g/mol. The molecule has 0 bridgehead atoms. The van der Waals surface area contributed by atoms with E-state index in [1.807, 2.05) is 0 Å². The summed E-state index contributed by atoms with van der Waals surface area (Å²) in [5.74, 6) is -0.275. The molecule has 0 atom stereocenters. The van der Waals surface area contributed by atoms with Gasteiger partial charge in [-0.1, -0.05) is 18.2 Å². The van der Waals surface area contributed by atoms with Crippen LogP contribution in [-0.4, -0.2) is 29.0 Å². The molecule has 0 saturated carbocycles. The van der Waals surface area contributed by atoms with Crippen LogP contribution in [0.2, 0.25) is 5.15 Å². The predicted molar refractivity (Wildman–Crippen MR) is 60.1 cm³/mol. The molecule has 0 aliphatic rings. The second kappa shape index (κ2) is 6.79. The molecule has 1 rings (SSSR count). The minimum Gasteiger partial charge on any atom is -0.502 e. The maximum absolute atomic E-state index is 11.5. The predicted octanol–water partition coefficient (Wildman–Crippen LogP) is 1.41. The highest BCUT2D eigenvalue weighted by molar-refractivity contribution is 6.29. The van der Waals surface area contributed by atoms with Crippen molar-refractivity contribution >= 4 is 17.5 Å². The van der Waals surface area contributed by atoms with Crippen LogP contribution in [-0.2, 0) is 4.74 Å². The number of hydrogen-bond acceptors (Lipinski definition) is 4. The van der Waals surface area contributed by atoms with Gasteiger partial charge in [0.15, 0.2) is 0 Å². The molecule has 0 aliphatic carbocycles. The zero-order valence-corrected chi connectivity index (χ0v) is 9.41. The minimum absolute atomic E-state index is 0.244. The molecule has 0 unspecified atom stereocenters. The van der Waals surface area contributed by atoms with Crippen molar-refractivity contribution in [1.82, 2.24) is 15.3 Å². The molecule has 1 aromatic rings. The lowest BCUT2D eigenvalue weighted by Crippen LogP contribution is -2.26. The molecule has 1 amide bonds. The van der Waals surface area contributed by atoms with Crippen molar-refractivity contribution < 1.29 is 9.53 Å². The van der Waals surface area contributed by atoms with Crippen molar-refractivity contribution in [2.24, 2.45) is 0 Å². The van der Waals surface area contributed by atoms with Gasteiger partial charge in [0.05, 0.1) is 25.3 Å². The van der Waals surface area contributed by atoms with Gasteiger partial charge in [0.2, 0.25) is 0 Å². The van der Waals surface area contributed by atoms with Crippen molar-refractivity contribution in [2.45, 2.75) is 6.42 Å². The van der Waals surface area contributed by atoms with Gasteiger partial charge in [-0.2, -0.15) is 0 Å². The Morgan fingerprint density at radius 3 is 3.00 bits per heavy atom. The van der Waals surface area contributed by atoms with Gasteiger partial charge in [0, 0.05) is 6.54 Å². The first-order valence-corrected chi connectivity index (χ1v) is 5.10. The largest absolute Gasteiger partial charge is 0.502 e. The van der Waals surface area contributed by atoms with E-state index >= 15 is 0 Å². The number of amides is 1. The van der Waals surface area contributed by atoms with E-state index in [0.29, 0.717) is 19.6 Å². The Morgan fingerprint density at radius 2 is 2.38 bits per heavy atom. The Hall–Kier alpha value is -1.62. The Labute approximate surface area is 98.5 Å². The highest BCUT2D eigenvalue weighted by Crippen LogP contribution is 2.00. The van der Waals surface area contributed by atoms with Gasteiger partial charge in [-0.25, -0.2) is 9.97 Å². The van der Waals surface area contributed by atoms with Crippen molar-refractivity contribution in [1.29, 1.82) is 0 Å². The SMILES string of the molecule is C=COCCCNC(=O)c1cnc(Cl)cn1. The molecule has 0 saturated heterocycles. The first-order chi connectivity index (χ1) is 7.74. The molecule has 5 nitrogen and oxygen atoms in total. The van der Waals surface area contributed by atoms with Gasteiger partial charge in [-0.3, -0.25) is 4.79 Å². The topological polar surface area (TPSA) is 64.1 Å². The lowest BCUT2D eigenvalue weighted by atomic mass is 10.4. The van der Waals surface area contributed by atoms with Crippen LogP contribution >= 0.6 is 11.6 Å². The Bertz CT molecular complexity index is 354. The Morgan fingerprint density at radius 1 is 1.56 bits per heavy atom. The van der Waals surface area contributed by atoms with Crippen LogP contribution in [0.4, 0.5) is 0 Å². The summed E-state index contributed by atoms with van der Waals surface area (Å²) in [6.45, 7) is 4.44. The molecule has 1 N–H and O–H groups in total. The van der Waals surface area contributed by atoms with E-state index in [1.165, 1.54) is 18.7 Å². The van der Waals surface area contributed by atoms with E-state index in [9.17, 15) is 4.79 Å². The van der Waals surface area contributed by atoms with Gasteiger partial charge >= 0.3 is 0 Å². The number of nitrogens with zero attached hydrogens (tertiary/aromatic N) is 2. The molecule has 6 heteroatoms. The van der Waals surface area contributed by atoms with E-state index < -0.39 is 0 Å². The van der Waals surface area contributed by atoms with Crippen molar-refractivity contribution in [3.05, 3.63) is 36.1 Å². The van der Waals surface area contributed by atoms with Crippen LogP contribution in [0.1, 0.15) is 16.9 Å². The molecule has 86 valence electrons. The monoisotopic (exact) mass is 241 g/mol. The smallest absolute Gasteiger partial charge is 0.271 e. The average molecular weight is 242 g/mol. The number of nitrogens with one attached hydrogen (secondary N) is 1. The summed E-state index contributed by atoms with van der Waals surface area (Å²) in [6.07, 6.45) is 4.74. The molecule has 0 aromatic carbocycles. The standard InChI is InChI=1S/C10H12ClN3O2/c1-2-16-5-3-4-12-10(15)8-6-14-9(11)7-13-8/h2,6-7H,1,3-5H2,(H,12,15). The number of carbonyl (C=O) groups is 1. The van der Waals surface area contributed by atoms with E-state index in [2.05, 4.69) is 21.9 Å². The summed E-state index contributed by atoms with van der Waals surface area (Å²) >= 11 is 5.55. The normalized spacial score (nSPS) is 9.56. The van der Waals surface area contributed by atoms with E-state index in [0.717, 1.165) is 0 Å². The molecule has 16 heavy (non-hydrogen) atoms. The van der Waals surface area contributed by atoms with Crippen molar-refractivity contribution in [3.8, 4) is 0 Å². The summed E-state index contributed by atoms with van der Waals surface area (Å²) in [4.78, 5) is 19.1. The molecule has 1 heterocycles. The van der Waals surface area contributed by atoms with Crippen LogP contribution in [0.15, 0.2) is 25.2 Å². The summed E-state index contributed by atoms with van der Waals surface area (Å²) in [5.41, 5.74) is 0.244. The lowest BCUT2D eigenvalue weighted by molar-refractivity contribution is 0.0945. The quantitative estimate of drug-likeness (QED) is 0.604. The van der Waals surface area contributed by atoms with Crippen LogP contribution in [0, 0.1) is 0 Å². The number of aromatic nitrogens is 2. The fourth-order valence-corrected chi connectivity index (χ4v) is 1.06. The fraction of sp³-hybridized carbons (Fsp3) is 0.300. The van der Waals surface area contributed by atoms with E-state index in [-0.39, 0.29) is 16.8 Å². The summed E-state index contributed by atoms with van der Waals surface area (Å²) < 4.78 is 4.90. The third-order valence-electron chi connectivity index (χ3n) is 1.70. The second-order valence-corrected chi connectivity index (χ2v) is 3.26. The zero-order valence-electron chi connectivity index (χ0n) is 8.65. The highest BCUT2D eigenvalue weighted by Gasteiger charge is 2.06. The van der Waals surface area contributed by atoms with Gasteiger partial charge in [0.1, 0.15) is 10.8 Å². The first-order valence-electron chi connectivity index (χ1n) is 4.72. The third kappa shape index (κ3) is 4.27. The van der Waals surface area contributed by atoms with Crippen LogP contribution in [0.25, 0.3) is 0 Å². The summed E-state index contributed by atoms with van der Waals surface area (Å²) in [5, 5.41) is 2.94. The first kappa shape index (κ1) is 12.4. The maximum Gasteiger partial charge on any atom is 0.271 e. The molecule has 0 fully saturated rings. The zero-order chi connectivity index (χ0) is 11.8. The number of ether oxygens (including phenoxy) is 1. The third-order valence-corrected chi connectivity index (χ3v) is 1.89. The van der Waals surface area contributed by atoms with E-state index in [1.54, 1.807) is 0 Å². The Kier molecular flexibility index (Phi) is 5.28. The minimum atomic E-state index is -0.275. The number of hydrogen-bond donors (Lipinski definition) is 1. The van der Waals surface area contributed by atoms with Gasteiger partial charge in [0.25, 0.3) is 5.91 Å². The van der Waals surface area contributed by atoms with Crippen molar-refractivity contribution in [3.63, 3.8) is 0 Å². The van der Waals surface area contributed by atoms with Gasteiger partial charge in [-0.05, 0) is 6.42 Å². The molecule has 0 radical (unpaired) electrons. The molecular formula is C10H12ClN3O2. The number of rotatable bonds is 6. The van der Waals surface area contributed by atoms with Crippen LogP contribution in [0.3, 0.4) is 0 Å². The molecule has 1 aromatic heterocycles. The molecule has 0 spiro atoms. The summed E-state index contributed by atoms with van der Waals surface area (Å²) in [7, 11) is 0. The highest BCUT2D eigenvalue weighted by atomic mass is 35.5. The van der Waals surface area contributed by atoms with Gasteiger partial charge < -0.3 is 10.1 Å². The lowest BCUT2D eigenvalue weighted by Gasteiger charge is -2.04. The van der Waals surface area contributed by atoms with Crippen molar-refractivity contribution in [2.75, 3.05) is 13.2 Å². The maximum atomic E-state index is 11.5. The van der Waals surface area contributed by atoms with Crippen LogP contribution in [0.5, 0.6) is 0 Å². The number of carbonyl (C=O) groups excluding carboxylic acids is 1.